The molecule has 4 rings (SSSR count). The normalized spacial score (nSPS) is 40.1. The van der Waals surface area contributed by atoms with Crippen LogP contribution in [0, 0.1) is 29.6 Å². The Morgan fingerprint density at radius 1 is 0.891 bits per heavy atom. The van der Waals surface area contributed by atoms with Gasteiger partial charge in [0.05, 0.1) is 30.5 Å². The second-order valence-corrected chi connectivity index (χ2v) is 17.0. The van der Waals surface area contributed by atoms with E-state index in [2.05, 4.69) is 6.92 Å². The van der Waals surface area contributed by atoms with E-state index in [9.17, 15) is 34.5 Å². The minimum Gasteiger partial charge on any atom is -0.460 e. The molecule has 13 nitrogen and oxygen atoms in total. The molecular formula is C42H69NO12. The van der Waals surface area contributed by atoms with Gasteiger partial charge in [-0.05, 0) is 100 Å². The Kier molecular flexibility index (Phi) is 16.9. The van der Waals surface area contributed by atoms with Crippen molar-refractivity contribution in [3.63, 3.8) is 0 Å². The first-order valence-corrected chi connectivity index (χ1v) is 20.7. The van der Waals surface area contributed by atoms with E-state index in [4.69, 9.17) is 23.7 Å². The lowest BCUT2D eigenvalue weighted by Crippen LogP contribution is -2.64. The smallest absolute Gasteiger partial charge is 0.329 e. The zero-order chi connectivity index (χ0) is 40.6. The minimum atomic E-state index is -2.48. The van der Waals surface area contributed by atoms with Gasteiger partial charge in [0.25, 0.3) is 11.7 Å². The third-order valence-electron chi connectivity index (χ3n) is 13.1. The number of rotatable bonds is 7. The van der Waals surface area contributed by atoms with Crippen LogP contribution in [0.2, 0.25) is 0 Å². The highest BCUT2D eigenvalue weighted by Crippen LogP contribution is 2.39. The molecule has 0 aromatic heterocycles. The molecule has 3 heterocycles. The molecule has 2 bridgehead atoms. The summed E-state index contributed by atoms with van der Waals surface area (Å²) in [5.41, 5.74) is 0.629. The fourth-order valence-electron chi connectivity index (χ4n) is 9.45. The third kappa shape index (κ3) is 10.8. The molecule has 3 N–H and O–H groups in total. The number of aliphatic hydroxyl groups is 3. The lowest BCUT2D eigenvalue weighted by Gasteiger charge is -2.47. The molecule has 1 saturated carbocycles. The molecule has 2 unspecified atom stereocenters. The van der Waals surface area contributed by atoms with Gasteiger partial charge in [-0.15, -0.1) is 0 Å². The van der Waals surface area contributed by atoms with E-state index in [1.165, 1.54) is 19.1 Å². The number of amides is 1. The summed E-state index contributed by atoms with van der Waals surface area (Å²) in [6.07, 6.45) is 3.58. The number of ketones is 2. The number of piperidine rings is 1. The topological polar surface area (TPSA) is 178 Å². The van der Waals surface area contributed by atoms with Crippen LogP contribution in [0.15, 0.2) is 11.6 Å². The van der Waals surface area contributed by atoms with Crippen LogP contribution in [0.25, 0.3) is 0 Å². The van der Waals surface area contributed by atoms with Gasteiger partial charge in [0.15, 0.2) is 5.78 Å². The number of methoxy groups -OCH3 is 3. The van der Waals surface area contributed by atoms with E-state index in [-0.39, 0.29) is 55.4 Å². The quantitative estimate of drug-likeness (QED) is 0.247. The first kappa shape index (κ1) is 45.4. The molecule has 55 heavy (non-hydrogen) atoms. The zero-order valence-corrected chi connectivity index (χ0v) is 34.4. The van der Waals surface area contributed by atoms with Crippen molar-refractivity contribution in [3.8, 4) is 0 Å². The number of allylic oxidation sites excluding steroid dienone is 2. The van der Waals surface area contributed by atoms with Crippen molar-refractivity contribution in [3.05, 3.63) is 11.6 Å². The van der Waals surface area contributed by atoms with Crippen LogP contribution < -0.4 is 0 Å². The molecule has 3 fully saturated rings. The van der Waals surface area contributed by atoms with Crippen LogP contribution in [-0.4, -0.2) is 126 Å². The van der Waals surface area contributed by atoms with E-state index < -0.39 is 77.9 Å². The van der Waals surface area contributed by atoms with Crippen LogP contribution >= 0.6 is 0 Å². The highest BCUT2D eigenvalue weighted by atomic mass is 16.7. The zero-order valence-electron chi connectivity index (χ0n) is 34.4. The predicted octanol–water partition coefficient (Wildman–Crippen LogP) is 4.31. The Hall–Kier alpha value is -2.26. The van der Waals surface area contributed by atoms with Gasteiger partial charge in [-0.3, -0.25) is 14.4 Å². The minimum absolute atomic E-state index is 0.0890. The summed E-state index contributed by atoms with van der Waals surface area (Å²) in [6.45, 7) is 9.46. The second kappa shape index (κ2) is 20.4. The van der Waals surface area contributed by atoms with Crippen molar-refractivity contribution < 1.29 is 58.2 Å². The standard InChI is InChI=1S/C42H69NO12/c1-9-29-14-12-13-24(2)19-35(52-7)38-36(53-8)21-26(4)42(50,55-38)39(47)40(48)43-18-11-10-15-30(43)41(49)54-37(27(5)32(45)23-33(29)46)25(3)20-28-16-17-31(44)34(22-28)51-6/h14,24-28,30-32,34-38,44-45,50H,9-13,15-23H2,1-8H3/t24-,25?,26+,27+,28?,30-,31+,32-,34+,35-,36-,37+,38+,42+/m0/s1. The summed E-state index contributed by atoms with van der Waals surface area (Å²) >= 11 is 0. The number of carbonyl (C=O) groups excluding carboxylic acids is 4. The average Bonchev–Trinajstić information content (AvgIpc) is 3.17. The summed E-state index contributed by atoms with van der Waals surface area (Å²) in [5, 5.41) is 34.0. The maximum Gasteiger partial charge on any atom is 0.329 e. The van der Waals surface area contributed by atoms with Gasteiger partial charge in [-0.25, -0.2) is 4.79 Å². The molecule has 0 spiro atoms. The summed E-state index contributed by atoms with van der Waals surface area (Å²) in [6, 6.07) is -1.10. The fourth-order valence-corrected chi connectivity index (χ4v) is 9.45. The number of Topliss-reactive ketones (excluding diaryl/α,β-unsaturated/α-hetero) is 2. The average molecular weight is 780 g/mol. The maximum atomic E-state index is 14.3. The largest absolute Gasteiger partial charge is 0.460 e. The molecule has 3 aliphatic heterocycles. The molecule has 0 aromatic rings. The van der Waals surface area contributed by atoms with E-state index in [1.807, 2.05) is 19.9 Å². The summed E-state index contributed by atoms with van der Waals surface area (Å²) in [7, 11) is 4.65. The van der Waals surface area contributed by atoms with Crippen LogP contribution in [0.3, 0.4) is 0 Å². The Balaban J connectivity index is 1.71. The SMILES string of the molecule is CCC1=CCC[C@H](C)C[C@H](OC)[C@H]2O[C@@](O)(C(=O)C(=O)N3CCCC[C@H]3C(=O)O[C@H](C(C)CC3CC[C@@H](O)[C@H](OC)C3)[C@H](C)[C@@H](O)CC1=O)[C@H](C)C[C@@H]2OC. The molecule has 14 atom stereocenters. The number of cyclic esters (lactones) is 1. The van der Waals surface area contributed by atoms with E-state index in [0.29, 0.717) is 63.4 Å². The molecule has 4 aliphatic rings. The molecule has 1 amide bonds. The highest BCUT2D eigenvalue weighted by Gasteiger charge is 2.56. The van der Waals surface area contributed by atoms with E-state index >= 15 is 0 Å². The van der Waals surface area contributed by atoms with Crippen molar-refractivity contribution in [2.24, 2.45) is 29.6 Å². The molecule has 13 heteroatoms. The fraction of sp³-hybridized carbons (Fsp3) is 0.857. The Labute approximate surface area is 327 Å². The number of carbonyl (C=O) groups is 4. The molecule has 314 valence electrons. The summed E-state index contributed by atoms with van der Waals surface area (Å²) in [5.74, 6) is -6.98. The van der Waals surface area contributed by atoms with E-state index in [1.54, 1.807) is 21.0 Å². The van der Waals surface area contributed by atoms with Crippen LogP contribution in [0.5, 0.6) is 0 Å². The van der Waals surface area contributed by atoms with Crippen molar-refractivity contribution in [2.45, 2.75) is 173 Å². The molecule has 1 aliphatic carbocycles. The lowest BCUT2D eigenvalue weighted by atomic mass is 9.76. The van der Waals surface area contributed by atoms with Gasteiger partial charge in [0, 0.05) is 46.1 Å². The van der Waals surface area contributed by atoms with E-state index in [0.717, 1.165) is 6.42 Å². The Morgan fingerprint density at radius 3 is 2.22 bits per heavy atom. The monoisotopic (exact) mass is 779 g/mol. The number of fused-ring (bicyclic) bond motifs is 3. The molecule has 0 aromatic carbocycles. The number of nitrogens with zero attached hydrogens (tertiary/aromatic N) is 1. The van der Waals surface area contributed by atoms with Gasteiger partial charge >= 0.3 is 5.97 Å². The molecule has 2 saturated heterocycles. The van der Waals surface area contributed by atoms with Crippen LogP contribution in [0.4, 0.5) is 0 Å². The first-order chi connectivity index (χ1) is 26.1. The number of hydrogen-bond donors (Lipinski definition) is 3. The number of ether oxygens (including phenoxy) is 5. The number of aliphatic hydroxyl groups excluding tert-OH is 2. The van der Waals surface area contributed by atoms with Crippen LogP contribution in [0.1, 0.15) is 118 Å². The van der Waals surface area contributed by atoms with Crippen molar-refractivity contribution in [1.29, 1.82) is 0 Å². The molecule has 0 radical (unpaired) electrons. The van der Waals surface area contributed by atoms with Gasteiger partial charge in [-0.1, -0.05) is 40.7 Å². The Bertz CT molecular complexity index is 1340. The van der Waals surface area contributed by atoms with Crippen molar-refractivity contribution in [1.82, 2.24) is 4.90 Å². The van der Waals surface area contributed by atoms with Crippen molar-refractivity contribution in [2.75, 3.05) is 27.9 Å². The third-order valence-corrected chi connectivity index (χ3v) is 13.1. The predicted molar refractivity (Wildman–Crippen MR) is 204 cm³/mol. The summed E-state index contributed by atoms with van der Waals surface area (Å²) < 4.78 is 29.7. The maximum absolute atomic E-state index is 14.3. The number of esters is 1. The second-order valence-electron chi connectivity index (χ2n) is 17.0. The lowest BCUT2D eigenvalue weighted by molar-refractivity contribution is -0.302. The van der Waals surface area contributed by atoms with Crippen molar-refractivity contribution >= 4 is 23.4 Å². The molecular weight excluding hydrogens is 710 g/mol. The highest BCUT2D eigenvalue weighted by molar-refractivity contribution is 6.39. The van der Waals surface area contributed by atoms with Gasteiger partial charge < -0.3 is 43.9 Å². The Morgan fingerprint density at radius 2 is 1.56 bits per heavy atom. The van der Waals surface area contributed by atoms with Gasteiger partial charge in [-0.2, -0.15) is 0 Å². The first-order valence-electron chi connectivity index (χ1n) is 20.7. The summed E-state index contributed by atoms with van der Waals surface area (Å²) in [4.78, 5) is 57.4. The van der Waals surface area contributed by atoms with Gasteiger partial charge in [0.1, 0.15) is 18.2 Å². The van der Waals surface area contributed by atoms with Gasteiger partial charge in [0.2, 0.25) is 5.79 Å². The van der Waals surface area contributed by atoms with Crippen LogP contribution in [-0.2, 0) is 42.9 Å². The number of hydrogen-bond acceptors (Lipinski definition) is 12.